The van der Waals surface area contributed by atoms with Gasteiger partial charge in [-0.05, 0) is 12.1 Å². The average Bonchev–Trinajstić information content (AvgIpc) is 2.05. The molecule has 5 heteroatoms. The van der Waals surface area contributed by atoms with Crippen LogP contribution in [0.15, 0.2) is 29.6 Å². The highest BCUT2D eigenvalue weighted by molar-refractivity contribution is 5.89. The first-order chi connectivity index (χ1) is 5.75. The van der Waals surface area contributed by atoms with Crippen molar-refractivity contribution in [2.75, 3.05) is 0 Å². The third kappa shape index (κ3) is 1.63. The molecule has 0 spiro atoms. The van der Waals surface area contributed by atoms with Crippen molar-refractivity contribution >= 4 is 5.97 Å². The summed E-state index contributed by atoms with van der Waals surface area (Å²) in [6.07, 6.45) is 0. The molecule has 1 aromatic rings. The molecule has 0 N–H and O–H groups in total. The van der Waals surface area contributed by atoms with Crippen LogP contribution >= 0.6 is 0 Å². The Labute approximate surface area is 66.9 Å². The van der Waals surface area contributed by atoms with Crippen molar-refractivity contribution in [3.05, 3.63) is 40.6 Å². The van der Waals surface area contributed by atoms with Crippen LogP contribution in [0.3, 0.4) is 0 Å². The Kier molecular flexibility index (Phi) is 2.47. The predicted octanol–water partition coefficient (Wildman–Crippen LogP) is 1.66. The Morgan fingerprint density at radius 1 is 1.42 bits per heavy atom. The van der Waals surface area contributed by atoms with Gasteiger partial charge in [-0.3, -0.25) is 4.84 Å². The smallest absolute Gasteiger partial charge is 0.279 e. The van der Waals surface area contributed by atoms with Crippen molar-refractivity contribution in [3.63, 3.8) is 0 Å². The fourth-order valence-corrected chi connectivity index (χ4v) is 0.710. The molecule has 4 nitrogen and oxygen atoms in total. The third-order valence-corrected chi connectivity index (χ3v) is 1.21. The van der Waals surface area contributed by atoms with E-state index in [2.05, 4.69) is 4.84 Å². The Morgan fingerprint density at radius 3 is 2.67 bits per heavy atom. The molecule has 0 heterocycles. The van der Waals surface area contributed by atoms with Gasteiger partial charge in [0, 0.05) is 0 Å². The minimum absolute atomic E-state index is 0.308. The standard InChI is InChI=1S/C7H4FNO3/c8-6-4-2-1-3-5(6)7(10)12-9-11/h1-4H. The number of carbonyl (C=O) groups excluding carboxylic acids is 1. The van der Waals surface area contributed by atoms with Crippen LogP contribution in [0.4, 0.5) is 4.39 Å². The van der Waals surface area contributed by atoms with Gasteiger partial charge >= 0.3 is 5.97 Å². The van der Waals surface area contributed by atoms with Crippen molar-refractivity contribution in [2.24, 2.45) is 5.34 Å². The summed E-state index contributed by atoms with van der Waals surface area (Å²) < 4.78 is 12.7. The van der Waals surface area contributed by atoms with Crippen LogP contribution in [0.25, 0.3) is 0 Å². The molecule has 12 heavy (non-hydrogen) atoms. The molecule has 0 aliphatic carbocycles. The first-order valence-corrected chi connectivity index (χ1v) is 3.04. The van der Waals surface area contributed by atoms with Crippen molar-refractivity contribution in [1.82, 2.24) is 0 Å². The van der Waals surface area contributed by atoms with Gasteiger partial charge in [-0.1, -0.05) is 12.1 Å². The zero-order chi connectivity index (χ0) is 8.97. The van der Waals surface area contributed by atoms with E-state index in [1.165, 1.54) is 18.2 Å². The molecule has 0 bridgehead atoms. The second-order valence-corrected chi connectivity index (χ2v) is 1.93. The van der Waals surface area contributed by atoms with Gasteiger partial charge in [-0.15, -0.1) is 4.91 Å². The summed E-state index contributed by atoms with van der Waals surface area (Å²) >= 11 is 0. The van der Waals surface area contributed by atoms with Crippen LogP contribution in [0.2, 0.25) is 0 Å². The summed E-state index contributed by atoms with van der Waals surface area (Å²) in [6.45, 7) is 0. The summed E-state index contributed by atoms with van der Waals surface area (Å²) in [6, 6.07) is 5.15. The molecule has 0 fully saturated rings. The molecule has 0 radical (unpaired) electrons. The molecule has 1 aromatic carbocycles. The minimum atomic E-state index is -1.09. The molecule has 0 unspecified atom stereocenters. The van der Waals surface area contributed by atoms with Crippen molar-refractivity contribution in [1.29, 1.82) is 0 Å². The highest BCUT2D eigenvalue weighted by atomic mass is 19.1. The van der Waals surface area contributed by atoms with Crippen molar-refractivity contribution in [3.8, 4) is 0 Å². The number of hydrogen-bond acceptors (Lipinski definition) is 4. The number of carbonyl (C=O) groups is 1. The highest BCUT2D eigenvalue weighted by Crippen LogP contribution is 2.07. The van der Waals surface area contributed by atoms with Crippen molar-refractivity contribution in [2.45, 2.75) is 0 Å². The van der Waals surface area contributed by atoms with E-state index < -0.39 is 11.8 Å². The fourth-order valence-electron chi connectivity index (χ4n) is 0.710. The summed E-state index contributed by atoms with van der Waals surface area (Å²) in [5, 5.41) is 1.89. The monoisotopic (exact) mass is 169 g/mol. The number of hydrogen-bond donors (Lipinski definition) is 0. The molecule has 0 saturated heterocycles. The van der Waals surface area contributed by atoms with E-state index >= 15 is 0 Å². The molecule has 0 saturated carbocycles. The molecule has 62 valence electrons. The van der Waals surface area contributed by atoms with Gasteiger partial charge in [-0.2, -0.15) is 0 Å². The second-order valence-electron chi connectivity index (χ2n) is 1.93. The van der Waals surface area contributed by atoms with E-state index in [1.54, 1.807) is 0 Å². The molecule has 0 amide bonds. The molecule has 0 aliphatic rings. The van der Waals surface area contributed by atoms with Gasteiger partial charge in [0.05, 0.1) is 5.56 Å². The van der Waals surface area contributed by atoms with Gasteiger partial charge in [0.15, 0.2) is 5.34 Å². The van der Waals surface area contributed by atoms with Crippen LogP contribution in [0, 0.1) is 10.7 Å². The second kappa shape index (κ2) is 3.56. The molecule has 0 aromatic heterocycles. The van der Waals surface area contributed by atoms with Crippen LogP contribution in [0.1, 0.15) is 10.4 Å². The van der Waals surface area contributed by atoms with E-state index in [-0.39, 0.29) is 5.56 Å². The summed E-state index contributed by atoms with van der Waals surface area (Å²) in [5.74, 6) is -1.84. The van der Waals surface area contributed by atoms with Crippen molar-refractivity contribution < 1.29 is 14.0 Å². The van der Waals surface area contributed by atoms with E-state index in [1.807, 2.05) is 5.34 Å². The van der Waals surface area contributed by atoms with E-state index in [0.29, 0.717) is 0 Å². The summed E-state index contributed by atoms with van der Waals surface area (Å²) in [4.78, 5) is 23.9. The van der Waals surface area contributed by atoms with Crippen LogP contribution in [0.5, 0.6) is 0 Å². The maximum Gasteiger partial charge on any atom is 0.372 e. The summed E-state index contributed by atoms with van der Waals surface area (Å²) in [7, 11) is 0. The zero-order valence-corrected chi connectivity index (χ0v) is 5.86. The molecular formula is C7H4FNO3. The number of nitrogens with zero attached hydrogens (tertiary/aromatic N) is 1. The quantitative estimate of drug-likeness (QED) is 0.499. The topological polar surface area (TPSA) is 55.7 Å². The van der Waals surface area contributed by atoms with Gasteiger partial charge < -0.3 is 0 Å². The first-order valence-electron chi connectivity index (χ1n) is 3.04. The zero-order valence-electron chi connectivity index (χ0n) is 5.86. The van der Waals surface area contributed by atoms with E-state index in [9.17, 15) is 14.1 Å². The molecular weight excluding hydrogens is 165 g/mol. The number of rotatable bonds is 2. The lowest BCUT2D eigenvalue weighted by atomic mass is 10.2. The fraction of sp³-hybridized carbons (Fsp3) is 0. The Balaban J connectivity index is 2.94. The SMILES string of the molecule is O=NOC(=O)c1ccccc1F. The highest BCUT2D eigenvalue weighted by Gasteiger charge is 2.12. The largest absolute Gasteiger partial charge is 0.372 e. The Morgan fingerprint density at radius 2 is 2.08 bits per heavy atom. The van der Waals surface area contributed by atoms with Gasteiger partial charge in [-0.25, -0.2) is 9.18 Å². The van der Waals surface area contributed by atoms with Crippen LogP contribution in [-0.4, -0.2) is 5.97 Å². The molecule has 1 rings (SSSR count). The maximum absolute atomic E-state index is 12.7. The lowest BCUT2D eigenvalue weighted by Crippen LogP contribution is -2.02. The first kappa shape index (κ1) is 8.32. The Bertz CT molecular complexity index is 313. The lowest BCUT2D eigenvalue weighted by Gasteiger charge is -1.95. The number of benzene rings is 1. The van der Waals surface area contributed by atoms with Gasteiger partial charge in [0.2, 0.25) is 0 Å². The van der Waals surface area contributed by atoms with Crippen LogP contribution in [-0.2, 0) is 4.84 Å². The number of halogens is 1. The normalized spacial score (nSPS) is 9.08. The lowest BCUT2D eigenvalue weighted by molar-refractivity contribution is 0.0503. The Hall–Kier alpha value is -1.78. The van der Waals surface area contributed by atoms with Crippen LogP contribution < -0.4 is 0 Å². The summed E-state index contributed by atoms with van der Waals surface area (Å²) in [5.41, 5.74) is -0.308. The van der Waals surface area contributed by atoms with Gasteiger partial charge in [0.25, 0.3) is 0 Å². The van der Waals surface area contributed by atoms with Gasteiger partial charge in [0.1, 0.15) is 5.82 Å². The predicted molar refractivity (Wildman–Crippen MR) is 37.6 cm³/mol. The average molecular weight is 169 g/mol. The molecule has 0 aliphatic heterocycles. The third-order valence-electron chi connectivity index (χ3n) is 1.21. The van der Waals surface area contributed by atoms with E-state index in [4.69, 9.17) is 0 Å². The molecule has 0 atom stereocenters. The minimum Gasteiger partial charge on any atom is -0.279 e. The maximum atomic E-state index is 12.7. The van der Waals surface area contributed by atoms with E-state index in [0.717, 1.165) is 6.07 Å².